The number of esters is 1. The van der Waals surface area contributed by atoms with E-state index in [9.17, 15) is 9.59 Å². The van der Waals surface area contributed by atoms with E-state index in [0.29, 0.717) is 34.6 Å². The van der Waals surface area contributed by atoms with Crippen molar-refractivity contribution < 1.29 is 14.3 Å². The molecule has 3 rings (SSSR count). The normalized spacial score (nSPS) is 20.4. The smallest absolute Gasteiger partial charge is 0.316 e. The molecule has 2 aromatic carbocycles. The van der Waals surface area contributed by atoms with Crippen LogP contribution in [0.2, 0.25) is 0 Å². The van der Waals surface area contributed by atoms with Gasteiger partial charge in [-0.15, -0.1) is 11.8 Å². The Morgan fingerprint density at radius 3 is 2.56 bits per heavy atom. The molecule has 6 heteroatoms. The minimum atomic E-state index is -0.257. The van der Waals surface area contributed by atoms with Crippen LogP contribution in [0.3, 0.4) is 0 Å². The lowest BCUT2D eigenvalue weighted by atomic mass is 9.75. The Morgan fingerprint density at radius 1 is 1.16 bits per heavy atom. The molecule has 3 atom stereocenters. The van der Waals surface area contributed by atoms with Crippen LogP contribution in [0, 0.1) is 29.1 Å². The number of carbonyl (C=O) groups excluding carboxylic acids is 2. The summed E-state index contributed by atoms with van der Waals surface area (Å²) in [6.07, 6.45) is 3.18. The van der Waals surface area contributed by atoms with Crippen LogP contribution in [-0.2, 0) is 9.53 Å². The SMILES string of the molecule is CC1CCC(C(C)C)C(OC(=O)CSc2ccccc2C(=O)Nc2ccc(C#N)cc2)C1. The summed E-state index contributed by atoms with van der Waals surface area (Å²) in [5.41, 5.74) is 1.64. The second-order valence-electron chi connectivity index (χ2n) is 8.78. The van der Waals surface area contributed by atoms with Gasteiger partial charge in [-0.05, 0) is 67.0 Å². The molecule has 5 nitrogen and oxygen atoms in total. The number of nitriles is 1. The van der Waals surface area contributed by atoms with E-state index in [2.05, 4.69) is 32.2 Å². The van der Waals surface area contributed by atoms with Crippen molar-refractivity contribution in [2.75, 3.05) is 11.1 Å². The minimum absolute atomic E-state index is 0.0261. The molecule has 0 saturated heterocycles. The Labute approximate surface area is 194 Å². The molecular weight excluding hydrogens is 420 g/mol. The third kappa shape index (κ3) is 6.37. The molecule has 1 fully saturated rings. The van der Waals surface area contributed by atoms with Gasteiger partial charge in [0, 0.05) is 10.6 Å². The first-order chi connectivity index (χ1) is 15.4. The zero-order valence-corrected chi connectivity index (χ0v) is 19.7. The highest BCUT2D eigenvalue weighted by Gasteiger charge is 2.33. The van der Waals surface area contributed by atoms with Gasteiger partial charge in [0.2, 0.25) is 0 Å². The first-order valence-electron chi connectivity index (χ1n) is 11.1. The number of amides is 1. The lowest BCUT2D eigenvalue weighted by molar-refractivity contribution is -0.152. The van der Waals surface area contributed by atoms with E-state index in [4.69, 9.17) is 10.00 Å². The zero-order chi connectivity index (χ0) is 23.1. The standard InChI is InChI=1S/C26H30N2O3S/c1-17(2)21-13-8-18(3)14-23(21)31-25(29)16-32-24-7-5-4-6-22(24)26(30)28-20-11-9-19(15-27)10-12-20/h4-7,9-12,17-18,21,23H,8,13-14,16H2,1-3H3,(H,28,30). The first-order valence-corrected chi connectivity index (χ1v) is 12.1. The van der Waals surface area contributed by atoms with Crippen LogP contribution >= 0.6 is 11.8 Å². The van der Waals surface area contributed by atoms with Crippen LogP contribution in [-0.4, -0.2) is 23.7 Å². The molecule has 3 unspecified atom stereocenters. The highest BCUT2D eigenvalue weighted by Crippen LogP contribution is 2.35. The fraction of sp³-hybridized carbons (Fsp3) is 0.423. The molecule has 0 aliphatic heterocycles. The molecule has 0 aromatic heterocycles. The predicted octanol–water partition coefficient (Wildman–Crippen LogP) is 5.91. The van der Waals surface area contributed by atoms with Crippen molar-refractivity contribution in [1.29, 1.82) is 5.26 Å². The van der Waals surface area contributed by atoms with Crippen LogP contribution in [0.25, 0.3) is 0 Å². The van der Waals surface area contributed by atoms with Gasteiger partial charge in [-0.25, -0.2) is 0 Å². The molecule has 1 saturated carbocycles. The summed E-state index contributed by atoms with van der Waals surface area (Å²) in [5, 5.41) is 11.8. The molecule has 2 aromatic rings. The molecule has 1 N–H and O–H groups in total. The summed E-state index contributed by atoms with van der Waals surface area (Å²) in [7, 11) is 0. The molecule has 168 valence electrons. The maximum Gasteiger partial charge on any atom is 0.316 e. The first kappa shape index (κ1) is 23.9. The average Bonchev–Trinajstić information content (AvgIpc) is 2.78. The van der Waals surface area contributed by atoms with E-state index in [1.165, 1.54) is 18.2 Å². The average molecular weight is 451 g/mol. The predicted molar refractivity (Wildman–Crippen MR) is 127 cm³/mol. The summed E-state index contributed by atoms with van der Waals surface area (Å²) < 4.78 is 5.89. The molecule has 32 heavy (non-hydrogen) atoms. The van der Waals surface area contributed by atoms with E-state index < -0.39 is 0 Å². The van der Waals surface area contributed by atoms with Crippen LogP contribution < -0.4 is 5.32 Å². The number of hydrogen-bond donors (Lipinski definition) is 1. The largest absolute Gasteiger partial charge is 0.461 e. The molecular formula is C26H30N2O3S. The lowest BCUT2D eigenvalue weighted by Gasteiger charge is -2.36. The number of benzene rings is 2. The third-order valence-corrected chi connectivity index (χ3v) is 7.04. The topological polar surface area (TPSA) is 79.2 Å². The molecule has 1 aliphatic carbocycles. The molecule has 0 spiro atoms. The van der Waals surface area contributed by atoms with Crippen molar-refractivity contribution in [3.05, 3.63) is 59.7 Å². The van der Waals surface area contributed by atoms with Gasteiger partial charge in [-0.2, -0.15) is 5.26 Å². The molecule has 1 aliphatic rings. The van der Waals surface area contributed by atoms with Crippen LogP contribution in [0.15, 0.2) is 53.4 Å². The van der Waals surface area contributed by atoms with E-state index >= 15 is 0 Å². The maximum absolute atomic E-state index is 12.8. The molecule has 0 bridgehead atoms. The third-order valence-electron chi connectivity index (χ3n) is 5.99. The van der Waals surface area contributed by atoms with Crippen LogP contribution in [0.5, 0.6) is 0 Å². The van der Waals surface area contributed by atoms with Gasteiger partial charge in [0.15, 0.2) is 0 Å². The summed E-state index contributed by atoms with van der Waals surface area (Å²) in [5.74, 6) is 1.14. The van der Waals surface area contributed by atoms with Gasteiger partial charge in [-0.1, -0.05) is 39.3 Å². The summed E-state index contributed by atoms with van der Waals surface area (Å²) in [4.78, 5) is 26.2. The number of nitrogens with zero attached hydrogens (tertiary/aromatic N) is 1. The van der Waals surface area contributed by atoms with Crippen molar-refractivity contribution in [3.63, 3.8) is 0 Å². The number of carbonyl (C=O) groups is 2. The number of ether oxygens (including phenoxy) is 1. The number of hydrogen-bond acceptors (Lipinski definition) is 5. The van der Waals surface area contributed by atoms with Gasteiger partial charge < -0.3 is 10.1 Å². The maximum atomic E-state index is 12.8. The second kappa shape index (κ2) is 11.2. The fourth-order valence-corrected chi connectivity index (χ4v) is 5.03. The Kier molecular flexibility index (Phi) is 8.35. The van der Waals surface area contributed by atoms with Crippen molar-refractivity contribution in [1.82, 2.24) is 0 Å². The van der Waals surface area contributed by atoms with Crippen LogP contribution in [0.1, 0.15) is 56.0 Å². The van der Waals surface area contributed by atoms with Gasteiger partial charge in [0.05, 0.1) is 22.9 Å². The van der Waals surface area contributed by atoms with E-state index in [1.807, 2.05) is 12.1 Å². The summed E-state index contributed by atoms with van der Waals surface area (Å²) in [6.45, 7) is 6.60. The van der Waals surface area contributed by atoms with E-state index in [1.54, 1.807) is 36.4 Å². The van der Waals surface area contributed by atoms with Gasteiger partial charge in [0.1, 0.15) is 6.10 Å². The molecule has 1 amide bonds. The van der Waals surface area contributed by atoms with Gasteiger partial charge in [0.25, 0.3) is 5.91 Å². The summed E-state index contributed by atoms with van der Waals surface area (Å²) >= 11 is 1.32. The van der Waals surface area contributed by atoms with Crippen molar-refractivity contribution in [2.45, 2.75) is 51.0 Å². The Hall–Kier alpha value is -2.78. The lowest BCUT2D eigenvalue weighted by Crippen LogP contribution is -2.36. The van der Waals surface area contributed by atoms with Crippen LogP contribution in [0.4, 0.5) is 5.69 Å². The van der Waals surface area contributed by atoms with Crippen molar-refractivity contribution >= 4 is 29.3 Å². The quantitative estimate of drug-likeness (QED) is 0.419. The van der Waals surface area contributed by atoms with Gasteiger partial charge in [-0.3, -0.25) is 9.59 Å². The Morgan fingerprint density at radius 2 is 1.88 bits per heavy atom. The number of anilines is 1. The second-order valence-corrected chi connectivity index (χ2v) is 9.80. The number of rotatable bonds is 7. The molecule has 0 radical (unpaired) electrons. The number of nitrogens with one attached hydrogen (secondary N) is 1. The van der Waals surface area contributed by atoms with Gasteiger partial charge >= 0.3 is 5.97 Å². The van der Waals surface area contributed by atoms with Crippen molar-refractivity contribution in [3.8, 4) is 6.07 Å². The van der Waals surface area contributed by atoms with E-state index in [0.717, 1.165) is 17.7 Å². The minimum Gasteiger partial charge on any atom is -0.461 e. The van der Waals surface area contributed by atoms with E-state index in [-0.39, 0.29) is 23.7 Å². The number of thioether (sulfide) groups is 1. The Balaban J connectivity index is 1.61. The monoisotopic (exact) mass is 450 g/mol. The highest BCUT2D eigenvalue weighted by atomic mass is 32.2. The summed E-state index contributed by atoms with van der Waals surface area (Å²) in [6, 6.07) is 16.0. The Bertz CT molecular complexity index is 981. The molecule has 0 heterocycles. The fourth-order valence-electron chi connectivity index (χ4n) is 4.20. The zero-order valence-electron chi connectivity index (χ0n) is 18.8. The van der Waals surface area contributed by atoms with Crippen molar-refractivity contribution in [2.24, 2.45) is 17.8 Å². The highest BCUT2D eigenvalue weighted by molar-refractivity contribution is 8.00.